The highest BCUT2D eigenvalue weighted by Gasteiger charge is 2.30. The van der Waals surface area contributed by atoms with Crippen molar-refractivity contribution in [1.82, 2.24) is 20.5 Å². The van der Waals surface area contributed by atoms with E-state index in [1.54, 1.807) is 36.5 Å². The number of aromatic nitrogens is 3. The van der Waals surface area contributed by atoms with Crippen LogP contribution >= 0.6 is 0 Å². The molecule has 0 radical (unpaired) electrons. The molecule has 1 aromatic carbocycles. The van der Waals surface area contributed by atoms with Crippen LogP contribution in [0.5, 0.6) is 0 Å². The van der Waals surface area contributed by atoms with E-state index in [4.69, 9.17) is 0 Å². The number of carbonyl (C=O) groups excluding carboxylic acids is 1. The third-order valence-corrected chi connectivity index (χ3v) is 5.98. The first kappa shape index (κ1) is 18.5. The van der Waals surface area contributed by atoms with Crippen molar-refractivity contribution < 1.29 is 13.2 Å². The second-order valence-electron chi connectivity index (χ2n) is 5.65. The van der Waals surface area contributed by atoms with Crippen molar-refractivity contribution in [2.24, 2.45) is 0 Å². The lowest BCUT2D eigenvalue weighted by Gasteiger charge is -2.18. The van der Waals surface area contributed by atoms with Crippen LogP contribution in [0.2, 0.25) is 0 Å². The van der Waals surface area contributed by atoms with Crippen LogP contribution in [0.1, 0.15) is 21.3 Å². The molecule has 0 aliphatic rings. The smallest absolute Gasteiger partial charge is 0.271 e. The number of aromatic amines is 1. The summed E-state index contributed by atoms with van der Waals surface area (Å²) in [6.45, 7) is -0.178. The van der Waals surface area contributed by atoms with Gasteiger partial charge in [-0.05, 0) is 29.8 Å². The standard InChI is InChI=1S/C18H16N4O4S/c23-17-9-8-15(21-22-17)18(24)20-12-16(13-5-4-10-19-11-13)27(25,26)14-6-2-1-3-7-14/h1-11,16H,12H2,(H,20,24)(H,22,23)/t16-/m0/s1. The molecule has 1 amide bonds. The van der Waals surface area contributed by atoms with Gasteiger partial charge in [0.25, 0.3) is 11.5 Å². The lowest BCUT2D eigenvalue weighted by molar-refractivity contribution is 0.0947. The highest BCUT2D eigenvalue weighted by atomic mass is 32.2. The third-order valence-electron chi connectivity index (χ3n) is 3.86. The molecular weight excluding hydrogens is 368 g/mol. The Morgan fingerprint density at radius 3 is 2.48 bits per heavy atom. The lowest BCUT2D eigenvalue weighted by atomic mass is 10.2. The number of carbonyl (C=O) groups is 1. The van der Waals surface area contributed by atoms with Gasteiger partial charge in [-0.2, -0.15) is 5.10 Å². The molecule has 9 heteroatoms. The molecule has 2 aromatic heterocycles. The zero-order valence-corrected chi connectivity index (χ0v) is 14.9. The van der Waals surface area contributed by atoms with Crippen LogP contribution in [0, 0.1) is 0 Å². The minimum Gasteiger partial charge on any atom is -0.349 e. The summed E-state index contributed by atoms with van der Waals surface area (Å²) in [5.74, 6) is -0.594. The lowest BCUT2D eigenvalue weighted by Crippen LogP contribution is -2.33. The number of pyridine rings is 1. The molecular formula is C18H16N4O4S. The van der Waals surface area contributed by atoms with Gasteiger partial charge in [0.1, 0.15) is 10.9 Å². The zero-order chi connectivity index (χ0) is 19.3. The van der Waals surface area contributed by atoms with Gasteiger partial charge >= 0.3 is 0 Å². The quantitative estimate of drug-likeness (QED) is 0.656. The van der Waals surface area contributed by atoms with Crippen LogP contribution in [0.3, 0.4) is 0 Å². The predicted octanol–water partition coefficient (Wildman–Crippen LogP) is 1.11. The van der Waals surface area contributed by atoms with Crippen LogP contribution in [-0.2, 0) is 9.84 Å². The zero-order valence-electron chi connectivity index (χ0n) is 14.1. The van der Waals surface area contributed by atoms with Crippen molar-refractivity contribution in [3.63, 3.8) is 0 Å². The van der Waals surface area contributed by atoms with Gasteiger partial charge in [0.2, 0.25) is 0 Å². The van der Waals surface area contributed by atoms with Gasteiger partial charge < -0.3 is 5.32 Å². The number of sulfone groups is 1. The molecule has 1 atom stereocenters. The highest BCUT2D eigenvalue weighted by Crippen LogP contribution is 2.27. The number of rotatable bonds is 6. The molecule has 0 bridgehead atoms. The Morgan fingerprint density at radius 2 is 1.85 bits per heavy atom. The average Bonchev–Trinajstić information content (AvgIpc) is 2.70. The molecule has 27 heavy (non-hydrogen) atoms. The number of nitrogens with one attached hydrogen (secondary N) is 2. The van der Waals surface area contributed by atoms with E-state index in [-0.39, 0.29) is 17.1 Å². The number of nitrogens with zero attached hydrogens (tertiary/aromatic N) is 2. The molecule has 3 rings (SSSR count). The summed E-state index contributed by atoms with van der Waals surface area (Å²) in [6, 6.07) is 13.7. The van der Waals surface area contributed by atoms with Gasteiger partial charge in [0.05, 0.1) is 4.90 Å². The summed E-state index contributed by atoms with van der Waals surface area (Å²) in [7, 11) is -3.77. The van der Waals surface area contributed by atoms with Gasteiger partial charge in [-0.15, -0.1) is 0 Å². The van der Waals surface area contributed by atoms with Crippen molar-refractivity contribution in [2.75, 3.05) is 6.54 Å². The molecule has 8 nitrogen and oxygen atoms in total. The minimum absolute atomic E-state index is 0.0170. The highest BCUT2D eigenvalue weighted by molar-refractivity contribution is 7.91. The Labute approximate surface area is 155 Å². The summed E-state index contributed by atoms with van der Waals surface area (Å²) in [5, 5.41) is 7.33. The topological polar surface area (TPSA) is 122 Å². The van der Waals surface area contributed by atoms with E-state index in [9.17, 15) is 18.0 Å². The molecule has 0 aliphatic carbocycles. The second kappa shape index (κ2) is 7.92. The van der Waals surface area contributed by atoms with E-state index < -0.39 is 26.6 Å². The van der Waals surface area contributed by atoms with Crippen molar-refractivity contribution in [2.45, 2.75) is 10.1 Å². The first-order valence-electron chi connectivity index (χ1n) is 8.01. The van der Waals surface area contributed by atoms with Crippen LogP contribution < -0.4 is 10.9 Å². The maximum Gasteiger partial charge on any atom is 0.271 e. The predicted molar refractivity (Wildman–Crippen MR) is 97.8 cm³/mol. The molecule has 2 heterocycles. The van der Waals surface area contributed by atoms with Crippen LogP contribution in [0.4, 0.5) is 0 Å². The minimum atomic E-state index is -3.77. The number of H-pyrrole nitrogens is 1. The average molecular weight is 384 g/mol. The number of hydrogen-bond acceptors (Lipinski definition) is 6. The van der Waals surface area contributed by atoms with E-state index >= 15 is 0 Å². The van der Waals surface area contributed by atoms with Crippen LogP contribution in [0.25, 0.3) is 0 Å². The van der Waals surface area contributed by atoms with E-state index in [2.05, 4.69) is 20.5 Å². The Hall–Kier alpha value is -3.33. The molecule has 0 spiro atoms. The molecule has 0 unspecified atom stereocenters. The Kier molecular flexibility index (Phi) is 5.41. The Balaban J connectivity index is 1.88. The number of hydrogen-bond donors (Lipinski definition) is 2. The Bertz CT molecular complexity index is 1060. The summed E-state index contributed by atoms with van der Waals surface area (Å²) >= 11 is 0. The fourth-order valence-corrected chi connectivity index (χ4v) is 4.16. The largest absolute Gasteiger partial charge is 0.349 e. The van der Waals surface area contributed by atoms with Crippen LogP contribution in [-0.4, -0.2) is 36.1 Å². The van der Waals surface area contributed by atoms with Crippen molar-refractivity contribution >= 4 is 15.7 Å². The molecule has 0 fully saturated rings. The van der Waals surface area contributed by atoms with Gasteiger partial charge in [0, 0.05) is 25.0 Å². The first-order chi connectivity index (χ1) is 13.0. The summed E-state index contributed by atoms with van der Waals surface area (Å²) < 4.78 is 26.2. The van der Waals surface area contributed by atoms with E-state index in [0.717, 1.165) is 0 Å². The fraction of sp³-hybridized carbons (Fsp3) is 0.111. The van der Waals surface area contributed by atoms with E-state index in [0.29, 0.717) is 5.56 Å². The first-order valence-corrected chi connectivity index (χ1v) is 9.56. The molecule has 0 saturated heterocycles. The van der Waals surface area contributed by atoms with E-state index in [1.165, 1.54) is 30.5 Å². The molecule has 2 N–H and O–H groups in total. The molecule has 138 valence electrons. The fourth-order valence-electron chi connectivity index (χ4n) is 2.49. The van der Waals surface area contributed by atoms with Crippen molar-refractivity contribution in [3.05, 3.63) is 88.6 Å². The SMILES string of the molecule is O=C(NC[C@@H](c1cccnc1)S(=O)(=O)c1ccccc1)c1ccc(=O)[nH]n1. The molecule has 0 saturated carbocycles. The van der Waals surface area contributed by atoms with Gasteiger partial charge in [-0.1, -0.05) is 24.3 Å². The Morgan fingerprint density at radius 1 is 1.07 bits per heavy atom. The van der Waals surface area contributed by atoms with Gasteiger partial charge in [0.15, 0.2) is 9.84 Å². The van der Waals surface area contributed by atoms with Crippen molar-refractivity contribution in [1.29, 1.82) is 0 Å². The van der Waals surface area contributed by atoms with Gasteiger partial charge in [-0.25, -0.2) is 13.5 Å². The monoisotopic (exact) mass is 384 g/mol. The number of amides is 1. The summed E-state index contributed by atoms with van der Waals surface area (Å²) in [5.41, 5.74) is -0.000770. The molecule has 0 aliphatic heterocycles. The second-order valence-corrected chi connectivity index (χ2v) is 7.78. The van der Waals surface area contributed by atoms with Crippen LogP contribution in [0.15, 0.2) is 76.7 Å². The normalized spacial score (nSPS) is 12.3. The van der Waals surface area contributed by atoms with Crippen molar-refractivity contribution in [3.8, 4) is 0 Å². The van der Waals surface area contributed by atoms with E-state index in [1.807, 2.05) is 0 Å². The maximum absolute atomic E-state index is 13.1. The summed E-state index contributed by atoms with van der Waals surface area (Å²) in [6.07, 6.45) is 2.99. The van der Waals surface area contributed by atoms with Gasteiger partial charge in [-0.3, -0.25) is 14.6 Å². The maximum atomic E-state index is 13.1. The summed E-state index contributed by atoms with van der Waals surface area (Å²) in [4.78, 5) is 27.4. The number of benzene rings is 1. The third kappa shape index (κ3) is 4.26. The molecule has 3 aromatic rings.